The van der Waals surface area contributed by atoms with Crippen molar-refractivity contribution in [2.75, 3.05) is 7.11 Å². The van der Waals surface area contributed by atoms with Gasteiger partial charge in [0.1, 0.15) is 11.6 Å². The van der Waals surface area contributed by atoms with Crippen LogP contribution in [-0.2, 0) is 11.3 Å². The third-order valence-electron chi connectivity index (χ3n) is 4.41. The number of aryl methyl sites for hydroxylation is 1. The van der Waals surface area contributed by atoms with E-state index in [-0.39, 0.29) is 23.6 Å². The van der Waals surface area contributed by atoms with Gasteiger partial charge in [-0.3, -0.25) is 4.79 Å². The first-order chi connectivity index (χ1) is 14.9. The maximum absolute atomic E-state index is 14.4. The fraction of sp³-hybridized carbons (Fsp3) is 0.182. The number of methoxy groups -OCH3 is 1. The number of nitrogens with one attached hydrogen (secondary N) is 1. The summed E-state index contributed by atoms with van der Waals surface area (Å²) in [7, 11) is 1.33. The monoisotopic (exact) mass is 431 g/mol. The van der Waals surface area contributed by atoms with Gasteiger partial charge < -0.3 is 19.4 Å². The van der Waals surface area contributed by atoms with Crippen LogP contribution in [-0.4, -0.2) is 29.2 Å². The van der Waals surface area contributed by atoms with Gasteiger partial charge in [-0.2, -0.15) is 8.78 Å². The number of para-hydroxylation sites is 1. The average Bonchev–Trinajstić information content (AvgIpc) is 3.16. The fourth-order valence-electron chi connectivity index (χ4n) is 2.94. The van der Waals surface area contributed by atoms with Gasteiger partial charge in [-0.1, -0.05) is 18.2 Å². The van der Waals surface area contributed by atoms with Gasteiger partial charge in [0.05, 0.1) is 12.8 Å². The van der Waals surface area contributed by atoms with Crippen molar-refractivity contribution in [3.8, 4) is 17.2 Å². The predicted molar refractivity (Wildman–Crippen MR) is 109 cm³/mol. The molecule has 2 aromatic carbocycles. The molecular weight excluding hydrogens is 411 g/mol. The molecule has 0 fully saturated rings. The van der Waals surface area contributed by atoms with E-state index in [1.54, 1.807) is 42.1 Å². The van der Waals surface area contributed by atoms with Crippen LogP contribution in [0, 0.1) is 12.7 Å². The largest absolute Gasteiger partial charge is 0.493 e. The summed E-state index contributed by atoms with van der Waals surface area (Å²) in [5.41, 5.74) is 1.17. The van der Waals surface area contributed by atoms with E-state index in [0.29, 0.717) is 17.1 Å². The SMILES string of the molecule is COc1cccc(/C=C/C(=O)NCc2ccc(-n3ccnc3C)c(F)c2)c1OC(F)F. The first-order valence-electron chi connectivity index (χ1n) is 9.25. The van der Waals surface area contributed by atoms with Crippen LogP contribution in [0.5, 0.6) is 11.5 Å². The normalized spacial score (nSPS) is 11.2. The van der Waals surface area contributed by atoms with E-state index >= 15 is 0 Å². The minimum Gasteiger partial charge on any atom is -0.493 e. The molecule has 3 aromatic rings. The van der Waals surface area contributed by atoms with Crippen molar-refractivity contribution in [2.24, 2.45) is 0 Å². The molecule has 0 bridgehead atoms. The molecule has 0 radical (unpaired) electrons. The lowest BCUT2D eigenvalue weighted by Gasteiger charge is -2.12. The molecular formula is C22H20F3N3O3. The van der Waals surface area contributed by atoms with Gasteiger partial charge in [0.2, 0.25) is 5.91 Å². The van der Waals surface area contributed by atoms with E-state index in [2.05, 4.69) is 15.0 Å². The summed E-state index contributed by atoms with van der Waals surface area (Å²) in [5.74, 6) is -0.338. The van der Waals surface area contributed by atoms with Crippen LogP contribution in [0.4, 0.5) is 13.2 Å². The average molecular weight is 431 g/mol. The highest BCUT2D eigenvalue weighted by Crippen LogP contribution is 2.33. The first-order valence-corrected chi connectivity index (χ1v) is 9.25. The zero-order valence-electron chi connectivity index (χ0n) is 16.8. The second kappa shape index (κ2) is 9.84. The highest BCUT2D eigenvalue weighted by molar-refractivity contribution is 5.92. The number of imidazole rings is 1. The zero-order chi connectivity index (χ0) is 22.4. The highest BCUT2D eigenvalue weighted by atomic mass is 19.3. The van der Waals surface area contributed by atoms with Crippen LogP contribution < -0.4 is 14.8 Å². The molecule has 9 heteroatoms. The van der Waals surface area contributed by atoms with E-state index in [1.807, 2.05) is 0 Å². The van der Waals surface area contributed by atoms with Gasteiger partial charge >= 0.3 is 6.61 Å². The Morgan fingerprint density at radius 1 is 1.29 bits per heavy atom. The molecule has 0 spiro atoms. The lowest BCUT2D eigenvalue weighted by atomic mass is 10.1. The number of carbonyl (C=O) groups is 1. The van der Waals surface area contributed by atoms with Gasteiger partial charge in [0, 0.05) is 30.6 Å². The number of aromatic nitrogens is 2. The number of ether oxygens (including phenoxy) is 2. The molecule has 0 aliphatic rings. The summed E-state index contributed by atoms with van der Waals surface area (Å²) < 4.78 is 50.9. The number of carbonyl (C=O) groups excluding carboxylic acids is 1. The Bertz CT molecular complexity index is 1100. The number of hydrogen-bond donors (Lipinski definition) is 1. The Labute approximate surface area is 176 Å². The van der Waals surface area contributed by atoms with Crippen LogP contribution in [0.2, 0.25) is 0 Å². The molecule has 0 saturated heterocycles. The quantitative estimate of drug-likeness (QED) is 0.542. The molecule has 31 heavy (non-hydrogen) atoms. The second-order valence-corrected chi connectivity index (χ2v) is 6.44. The first kappa shape index (κ1) is 21.9. The summed E-state index contributed by atoms with van der Waals surface area (Å²) in [6, 6.07) is 9.19. The topological polar surface area (TPSA) is 65.4 Å². The summed E-state index contributed by atoms with van der Waals surface area (Å²) in [4.78, 5) is 16.2. The summed E-state index contributed by atoms with van der Waals surface area (Å²) in [5, 5.41) is 2.62. The van der Waals surface area contributed by atoms with Crippen LogP contribution in [0.25, 0.3) is 11.8 Å². The van der Waals surface area contributed by atoms with Crippen molar-refractivity contribution in [1.82, 2.24) is 14.9 Å². The lowest BCUT2D eigenvalue weighted by Crippen LogP contribution is -2.20. The highest BCUT2D eigenvalue weighted by Gasteiger charge is 2.14. The summed E-state index contributed by atoms with van der Waals surface area (Å²) in [6.07, 6.45) is 5.74. The molecule has 0 saturated carbocycles. The van der Waals surface area contributed by atoms with E-state index in [9.17, 15) is 18.0 Å². The number of hydrogen-bond acceptors (Lipinski definition) is 4. The molecule has 162 valence electrons. The summed E-state index contributed by atoms with van der Waals surface area (Å²) in [6.45, 7) is -1.19. The number of rotatable bonds is 8. The summed E-state index contributed by atoms with van der Waals surface area (Å²) >= 11 is 0. The minimum absolute atomic E-state index is 0.0851. The van der Waals surface area contributed by atoms with Crippen molar-refractivity contribution in [3.05, 3.63) is 77.6 Å². The van der Waals surface area contributed by atoms with E-state index in [0.717, 1.165) is 0 Å². The molecule has 1 N–H and O–H groups in total. The van der Waals surface area contributed by atoms with Gasteiger partial charge in [-0.15, -0.1) is 0 Å². The molecule has 6 nitrogen and oxygen atoms in total. The number of alkyl halides is 2. The fourth-order valence-corrected chi connectivity index (χ4v) is 2.94. The molecule has 0 unspecified atom stereocenters. The van der Waals surface area contributed by atoms with Gasteiger partial charge in [-0.05, 0) is 36.8 Å². The van der Waals surface area contributed by atoms with Gasteiger partial charge in [-0.25, -0.2) is 9.37 Å². The number of amides is 1. The molecule has 0 aliphatic carbocycles. The Morgan fingerprint density at radius 3 is 2.74 bits per heavy atom. The smallest absolute Gasteiger partial charge is 0.387 e. The van der Waals surface area contributed by atoms with Crippen LogP contribution >= 0.6 is 0 Å². The molecule has 0 atom stereocenters. The van der Waals surface area contributed by atoms with Gasteiger partial charge in [0.15, 0.2) is 11.5 Å². The van der Waals surface area contributed by atoms with E-state index < -0.39 is 18.3 Å². The molecule has 0 aliphatic heterocycles. The predicted octanol–water partition coefficient (Wildman–Crippen LogP) is 4.26. The minimum atomic E-state index is -3.04. The number of benzene rings is 2. The Balaban J connectivity index is 1.66. The standard InChI is InChI=1S/C22H20F3N3O3/c1-14-26-10-11-28(14)18-8-6-15(12-17(18)23)13-27-20(29)9-7-16-4-3-5-19(30-2)21(16)31-22(24)25/h3-12,22H,13H2,1-2H3,(H,27,29)/b9-7+. The van der Waals surface area contributed by atoms with Crippen LogP contribution in [0.3, 0.4) is 0 Å². The Morgan fingerprint density at radius 2 is 2.10 bits per heavy atom. The molecule has 1 aromatic heterocycles. The zero-order valence-corrected chi connectivity index (χ0v) is 16.8. The van der Waals surface area contributed by atoms with Crippen molar-refractivity contribution in [2.45, 2.75) is 20.1 Å². The van der Waals surface area contributed by atoms with Crippen LogP contribution in [0.1, 0.15) is 17.0 Å². The Hall–Kier alpha value is -3.75. The maximum atomic E-state index is 14.4. The third-order valence-corrected chi connectivity index (χ3v) is 4.41. The van der Waals surface area contributed by atoms with E-state index in [4.69, 9.17) is 4.74 Å². The van der Waals surface area contributed by atoms with E-state index in [1.165, 1.54) is 37.5 Å². The molecule has 1 amide bonds. The maximum Gasteiger partial charge on any atom is 0.387 e. The van der Waals surface area contributed by atoms with Crippen molar-refractivity contribution in [3.63, 3.8) is 0 Å². The second-order valence-electron chi connectivity index (χ2n) is 6.44. The van der Waals surface area contributed by atoms with Crippen molar-refractivity contribution in [1.29, 1.82) is 0 Å². The van der Waals surface area contributed by atoms with Gasteiger partial charge in [0.25, 0.3) is 0 Å². The van der Waals surface area contributed by atoms with Crippen molar-refractivity contribution < 1.29 is 27.4 Å². The number of halogens is 3. The Kier molecular flexibility index (Phi) is 6.96. The molecule has 1 heterocycles. The lowest BCUT2D eigenvalue weighted by molar-refractivity contribution is -0.116. The number of nitrogens with zero attached hydrogens (tertiary/aromatic N) is 2. The third kappa shape index (κ3) is 5.44. The van der Waals surface area contributed by atoms with Crippen molar-refractivity contribution >= 4 is 12.0 Å². The molecule has 3 rings (SSSR count). The van der Waals surface area contributed by atoms with Crippen LogP contribution in [0.15, 0.2) is 54.9 Å².